The van der Waals surface area contributed by atoms with E-state index in [0.29, 0.717) is 5.69 Å². The van der Waals surface area contributed by atoms with Crippen molar-refractivity contribution in [2.45, 2.75) is 38.6 Å². The monoisotopic (exact) mass is 582 g/mol. The summed E-state index contributed by atoms with van der Waals surface area (Å²) >= 11 is 1.01. The normalized spacial score (nSPS) is 17.8. The number of Topliss-reactive ketones (excluding diaryl/α,β-unsaturated/α-hetero) is 2. The summed E-state index contributed by atoms with van der Waals surface area (Å²) in [5.74, 6) is -5.33. The van der Waals surface area contributed by atoms with Crippen LogP contribution < -0.4 is 16.5 Å². The average molecular weight is 583 g/mol. The Kier molecular flexibility index (Phi) is 8.98. The summed E-state index contributed by atoms with van der Waals surface area (Å²) < 4.78 is 33.0. The summed E-state index contributed by atoms with van der Waals surface area (Å²) in [4.78, 5) is 67.8. The van der Waals surface area contributed by atoms with E-state index in [1.54, 1.807) is 0 Å². The van der Waals surface area contributed by atoms with Gasteiger partial charge in [-0.25, -0.2) is 9.29 Å². The number of anilines is 1. The first-order valence-electron chi connectivity index (χ1n) is 11.5. The summed E-state index contributed by atoms with van der Waals surface area (Å²) in [5.41, 5.74) is 4.81. The number of rotatable bonds is 13. The lowest BCUT2D eigenvalue weighted by atomic mass is 9.84. The second-order valence-electron chi connectivity index (χ2n) is 8.96. The highest BCUT2D eigenvalue weighted by molar-refractivity contribution is 7.84. The van der Waals surface area contributed by atoms with E-state index in [1.807, 2.05) is 0 Å². The predicted octanol–water partition coefficient (Wildman–Crippen LogP) is -0.580. The van der Waals surface area contributed by atoms with E-state index in [9.17, 15) is 42.0 Å². The van der Waals surface area contributed by atoms with Gasteiger partial charge < -0.3 is 21.1 Å². The fourth-order valence-corrected chi connectivity index (χ4v) is 5.47. The van der Waals surface area contributed by atoms with Crippen LogP contribution in [0.25, 0.3) is 0 Å². The number of ketones is 2. The number of β-lactam (4-membered cyclic amide) rings is 1. The third-order valence-electron chi connectivity index (χ3n) is 6.10. The Hall–Kier alpha value is -3.96. The molecule has 3 rings (SSSR count). The van der Waals surface area contributed by atoms with Gasteiger partial charge in [-0.1, -0.05) is 6.92 Å². The third-order valence-corrected chi connectivity index (χ3v) is 7.72. The van der Waals surface area contributed by atoms with Crippen LogP contribution in [0.4, 0.5) is 5.13 Å². The van der Waals surface area contributed by atoms with Gasteiger partial charge in [-0.3, -0.25) is 33.9 Å². The maximum Gasteiger partial charge on any atom is 0.362 e. The molecule has 0 bridgehead atoms. The van der Waals surface area contributed by atoms with E-state index < -0.39 is 75.6 Å². The van der Waals surface area contributed by atoms with Gasteiger partial charge in [0.25, 0.3) is 0 Å². The molecule has 0 spiro atoms. The minimum Gasteiger partial charge on any atom is -0.503 e. The average Bonchev–Trinajstić information content (AvgIpc) is 3.29. The predicted molar refractivity (Wildman–Crippen MR) is 137 cm³/mol. The van der Waals surface area contributed by atoms with Crippen LogP contribution >= 0.6 is 11.3 Å². The number of hydrogen-bond donors (Lipinski definition) is 6. The van der Waals surface area contributed by atoms with E-state index in [-0.39, 0.29) is 40.2 Å². The summed E-state index contributed by atoms with van der Waals surface area (Å²) in [6.45, 7) is 1.02. The molecule has 0 aliphatic carbocycles. The molecule has 0 radical (unpaired) electrons. The Bertz CT molecular complexity index is 1480. The smallest absolute Gasteiger partial charge is 0.362 e. The molecule has 17 heteroatoms. The fourth-order valence-electron chi connectivity index (χ4n) is 3.99. The van der Waals surface area contributed by atoms with Gasteiger partial charge in [0, 0.05) is 55.1 Å². The molecule has 1 aliphatic rings. The molecule has 39 heavy (non-hydrogen) atoms. The summed E-state index contributed by atoms with van der Waals surface area (Å²) in [5, 5.41) is 21.2. The number of aromatic amines is 1. The van der Waals surface area contributed by atoms with Crippen LogP contribution in [0.2, 0.25) is 0 Å². The van der Waals surface area contributed by atoms with Gasteiger partial charge in [-0.05, 0) is 6.42 Å². The minimum absolute atomic E-state index is 0.000947. The van der Waals surface area contributed by atoms with E-state index in [2.05, 4.69) is 15.3 Å². The number of thiazole rings is 1. The van der Waals surface area contributed by atoms with Crippen LogP contribution in [0.5, 0.6) is 5.75 Å². The van der Waals surface area contributed by atoms with Crippen LogP contribution in [0.1, 0.15) is 37.6 Å². The van der Waals surface area contributed by atoms with Gasteiger partial charge in [0.2, 0.25) is 17.2 Å². The number of aromatic hydroxyl groups is 1. The molecule has 3 heterocycles. The second kappa shape index (κ2) is 11.8. The number of aryl methyl sites for hydroxylation is 1. The Balaban J connectivity index is 1.56. The van der Waals surface area contributed by atoms with Crippen molar-refractivity contribution in [2.75, 3.05) is 12.3 Å². The number of H-pyrrole nitrogens is 1. The third kappa shape index (κ3) is 7.12. The van der Waals surface area contributed by atoms with Gasteiger partial charge in [0.15, 0.2) is 16.7 Å². The zero-order chi connectivity index (χ0) is 29.1. The molecule has 210 valence electrons. The summed E-state index contributed by atoms with van der Waals surface area (Å²) in [6.07, 6.45) is 0.559. The first-order valence-corrected chi connectivity index (χ1v) is 13.8. The van der Waals surface area contributed by atoms with Gasteiger partial charge in [-0.15, -0.1) is 11.3 Å². The van der Waals surface area contributed by atoms with Gasteiger partial charge in [0.1, 0.15) is 17.2 Å². The molecule has 1 aliphatic heterocycles. The standard InChI is InChI=1S/C22H26N6O9S2/c1-10(4-12(29)3-2-11-5-16(30)18(32)8-25-11)20(33)26-7-15-13(21(34)28(15)39(35,36)37)6-17(31)19(23)14-9-38-22(24)27-14/h5,8-10,13,15,23,32H,2-4,6-7H2,1H3,(H2,24,27)(H,25,30)(H,26,33)(H,35,36,37)/t10-,13+,15-/m1/s1. The number of carbonyl (C=O) groups is 4. The Morgan fingerprint density at radius 1 is 1.33 bits per heavy atom. The van der Waals surface area contributed by atoms with Crippen molar-refractivity contribution in [2.24, 2.45) is 11.8 Å². The van der Waals surface area contributed by atoms with E-state index >= 15 is 0 Å². The lowest BCUT2D eigenvalue weighted by Crippen LogP contribution is -2.66. The maximum absolute atomic E-state index is 12.6. The Labute approximate surface area is 225 Å². The molecular weight excluding hydrogens is 556 g/mol. The Morgan fingerprint density at radius 3 is 2.62 bits per heavy atom. The highest BCUT2D eigenvalue weighted by Crippen LogP contribution is 2.32. The van der Waals surface area contributed by atoms with Crippen LogP contribution in [-0.2, 0) is 35.9 Å². The number of nitrogens with zero attached hydrogens (tertiary/aromatic N) is 2. The number of nitrogen functional groups attached to an aromatic ring is 1. The van der Waals surface area contributed by atoms with Crippen LogP contribution in [0.15, 0.2) is 22.4 Å². The number of hydrogen-bond acceptors (Lipinski definition) is 12. The minimum atomic E-state index is -4.98. The molecule has 3 atom stereocenters. The molecule has 2 aromatic rings. The van der Waals surface area contributed by atoms with E-state index in [0.717, 1.165) is 23.6 Å². The number of amides is 2. The van der Waals surface area contributed by atoms with E-state index in [4.69, 9.17) is 11.1 Å². The molecule has 0 unspecified atom stereocenters. The zero-order valence-electron chi connectivity index (χ0n) is 20.5. The van der Waals surface area contributed by atoms with Crippen molar-refractivity contribution in [1.29, 1.82) is 5.41 Å². The first kappa shape index (κ1) is 29.6. The lowest BCUT2D eigenvalue weighted by Gasteiger charge is -2.44. The largest absolute Gasteiger partial charge is 0.503 e. The van der Waals surface area contributed by atoms with Crippen molar-refractivity contribution in [3.63, 3.8) is 0 Å². The van der Waals surface area contributed by atoms with Gasteiger partial charge >= 0.3 is 10.3 Å². The number of nitrogens with one attached hydrogen (secondary N) is 3. The maximum atomic E-state index is 12.6. The molecule has 0 saturated carbocycles. The molecule has 7 N–H and O–H groups in total. The first-order chi connectivity index (χ1) is 18.2. The van der Waals surface area contributed by atoms with Crippen molar-refractivity contribution in [1.82, 2.24) is 19.6 Å². The van der Waals surface area contributed by atoms with Crippen molar-refractivity contribution >= 4 is 55.9 Å². The topological polar surface area (TPSA) is 254 Å². The Morgan fingerprint density at radius 2 is 2.03 bits per heavy atom. The quantitative estimate of drug-likeness (QED) is 0.0989. The molecule has 1 fully saturated rings. The fraction of sp³-hybridized carbons (Fsp3) is 0.409. The highest BCUT2D eigenvalue weighted by atomic mass is 32.2. The second-order valence-corrected chi connectivity index (χ2v) is 11.1. The van der Waals surface area contributed by atoms with E-state index in [1.165, 1.54) is 12.3 Å². The van der Waals surface area contributed by atoms with Crippen LogP contribution in [-0.4, -0.2) is 74.0 Å². The lowest BCUT2D eigenvalue weighted by molar-refractivity contribution is -0.149. The SMILES string of the molecule is C[C@H](CC(=O)CCc1cc(=O)c(O)c[nH]1)C(=O)NC[C@@H]1[C@H](CC(=O)C(=N)c2csc(N)n2)C(=O)N1S(=O)(=O)O. The molecule has 2 amide bonds. The molecule has 1 saturated heterocycles. The van der Waals surface area contributed by atoms with Gasteiger partial charge in [-0.2, -0.15) is 8.42 Å². The highest BCUT2D eigenvalue weighted by Gasteiger charge is 2.53. The molecular formula is C22H26N6O9S2. The molecule has 0 aromatic carbocycles. The van der Waals surface area contributed by atoms with Gasteiger partial charge in [0.05, 0.1) is 12.0 Å². The molecule has 15 nitrogen and oxygen atoms in total. The van der Waals surface area contributed by atoms with Crippen LogP contribution in [0, 0.1) is 17.2 Å². The number of nitrogens with two attached hydrogens (primary N) is 1. The van der Waals surface area contributed by atoms with Crippen molar-refractivity contribution in [3.8, 4) is 5.75 Å². The number of pyridine rings is 1. The van der Waals surface area contributed by atoms with Crippen LogP contribution in [0.3, 0.4) is 0 Å². The summed E-state index contributed by atoms with van der Waals surface area (Å²) in [7, 11) is -4.98. The zero-order valence-corrected chi connectivity index (χ0v) is 22.2. The van der Waals surface area contributed by atoms with Crippen molar-refractivity contribution < 1.29 is 37.3 Å². The van der Waals surface area contributed by atoms with Crippen molar-refractivity contribution in [3.05, 3.63) is 39.3 Å². The molecule has 2 aromatic heterocycles. The summed E-state index contributed by atoms with van der Waals surface area (Å²) in [6, 6.07) is -0.128. The number of carbonyl (C=O) groups excluding carboxylic acids is 4. The number of aromatic nitrogens is 2.